The van der Waals surface area contributed by atoms with Gasteiger partial charge in [-0.1, -0.05) is 18.2 Å². The minimum atomic E-state index is -0.128. The van der Waals surface area contributed by atoms with Gasteiger partial charge < -0.3 is 10.6 Å². The molecule has 0 saturated carbocycles. The average molecular weight is 275 g/mol. The molecular weight excluding hydrogens is 258 g/mol. The molecule has 2 aromatic rings. The predicted octanol–water partition coefficient (Wildman–Crippen LogP) is 2.37. The topological polar surface area (TPSA) is 54.0 Å². The third kappa shape index (κ3) is 3.17. The second kappa shape index (κ2) is 6.43. The number of hydrogen-bond acceptors (Lipinski definition) is 4. The summed E-state index contributed by atoms with van der Waals surface area (Å²) in [5.74, 6) is 0.773. The number of carbonyl (C=O) groups is 1. The Labute approximate surface area is 117 Å². The van der Waals surface area contributed by atoms with Crippen LogP contribution in [0.3, 0.4) is 0 Å². The zero-order chi connectivity index (χ0) is 13.7. The summed E-state index contributed by atoms with van der Waals surface area (Å²) in [5, 5.41) is 6.99. The summed E-state index contributed by atoms with van der Waals surface area (Å²) in [4.78, 5) is 16.4. The van der Waals surface area contributed by atoms with Gasteiger partial charge in [0, 0.05) is 30.4 Å². The van der Waals surface area contributed by atoms with E-state index in [0.29, 0.717) is 12.2 Å². The Morgan fingerprint density at radius 3 is 2.89 bits per heavy atom. The largest absolute Gasteiger partial charge is 0.388 e. The van der Waals surface area contributed by atoms with E-state index in [1.165, 1.54) is 0 Å². The molecule has 100 valence electrons. The van der Waals surface area contributed by atoms with E-state index in [9.17, 15) is 4.79 Å². The van der Waals surface area contributed by atoms with Crippen LogP contribution in [0.5, 0.6) is 0 Å². The molecule has 0 bridgehead atoms. The molecule has 0 spiro atoms. The molecule has 0 saturated heterocycles. The summed E-state index contributed by atoms with van der Waals surface area (Å²) in [6.07, 6.45) is 2.01. The van der Waals surface area contributed by atoms with Gasteiger partial charge in [0.1, 0.15) is 5.69 Å². The van der Waals surface area contributed by atoms with Crippen molar-refractivity contribution in [3.63, 3.8) is 0 Å². The minimum Gasteiger partial charge on any atom is -0.388 e. The van der Waals surface area contributed by atoms with Gasteiger partial charge >= 0.3 is 0 Å². The number of aromatic nitrogens is 1. The van der Waals surface area contributed by atoms with Gasteiger partial charge in [0.2, 0.25) is 0 Å². The first-order valence-electron chi connectivity index (χ1n) is 6.11. The van der Waals surface area contributed by atoms with Crippen LogP contribution in [0.25, 0.3) is 10.9 Å². The molecule has 0 fully saturated rings. The molecular formula is C14H17N3OS. The lowest BCUT2D eigenvalue weighted by Crippen LogP contribution is -2.26. The van der Waals surface area contributed by atoms with Crippen molar-refractivity contribution in [2.24, 2.45) is 0 Å². The average Bonchev–Trinajstić information content (AvgIpc) is 2.46. The van der Waals surface area contributed by atoms with E-state index in [0.717, 1.165) is 22.3 Å². The first kappa shape index (κ1) is 13.7. The molecule has 19 heavy (non-hydrogen) atoms. The van der Waals surface area contributed by atoms with Gasteiger partial charge in [0.15, 0.2) is 0 Å². The van der Waals surface area contributed by atoms with Crippen LogP contribution in [-0.4, -0.2) is 36.5 Å². The number of thioether (sulfide) groups is 1. The fraction of sp³-hybridized carbons (Fsp3) is 0.286. The number of pyridine rings is 1. The highest BCUT2D eigenvalue weighted by atomic mass is 32.2. The van der Waals surface area contributed by atoms with E-state index >= 15 is 0 Å². The Balaban J connectivity index is 2.31. The summed E-state index contributed by atoms with van der Waals surface area (Å²) in [6, 6.07) is 9.57. The van der Waals surface area contributed by atoms with E-state index in [2.05, 4.69) is 15.6 Å². The Morgan fingerprint density at radius 1 is 1.37 bits per heavy atom. The van der Waals surface area contributed by atoms with Crippen LogP contribution in [0.1, 0.15) is 10.5 Å². The highest BCUT2D eigenvalue weighted by Crippen LogP contribution is 2.22. The van der Waals surface area contributed by atoms with Crippen LogP contribution in [0.15, 0.2) is 30.3 Å². The lowest BCUT2D eigenvalue weighted by molar-refractivity contribution is 0.0951. The summed E-state index contributed by atoms with van der Waals surface area (Å²) < 4.78 is 0. The van der Waals surface area contributed by atoms with Gasteiger partial charge in [-0.3, -0.25) is 4.79 Å². The van der Waals surface area contributed by atoms with Gasteiger partial charge in [0.25, 0.3) is 5.91 Å². The normalized spacial score (nSPS) is 10.4. The van der Waals surface area contributed by atoms with Crippen molar-refractivity contribution in [2.45, 2.75) is 0 Å². The van der Waals surface area contributed by atoms with Crippen LogP contribution in [0.4, 0.5) is 5.69 Å². The number of anilines is 1. The summed E-state index contributed by atoms with van der Waals surface area (Å²) in [5.41, 5.74) is 2.19. The lowest BCUT2D eigenvalue weighted by Gasteiger charge is -2.09. The summed E-state index contributed by atoms with van der Waals surface area (Å²) in [7, 11) is 1.84. The molecule has 1 amide bonds. The van der Waals surface area contributed by atoms with Crippen LogP contribution in [0.2, 0.25) is 0 Å². The van der Waals surface area contributed by atoms with Crippen molar-refractivity contribution in [1.29, 1.82) is 0 Å². The molecule has 1 aromatic carbocycles. The summed E-state index contributed by atoms with van der Waals surface area (Å²) in [6.45, 7) is 0.656. The van der Waals surface area contributed by atoms with E-state index in [1.807, 2.05) is 37.6 Å². The smallest absolute Gasteiger partial charge is 0.270 e. The Morgan fingerprint density at radius 2 is 2.16 bits per heavy atom. The number of fused-ring (bicyclic) bond motifs is 1. The third-order valence-electron chi connectivity index (χ3n) is 2.81. The monoisotopic (exact) mass is 275 g/mol. The van der Waals surface area contributed by atoms with Crippen LogP contribution in [0, 0.1) is 0 Å². The molecule has 4 nitrogen and oxygen atoms in total. The van der Waals surface area contributed by atoms with Crippen molar-refractivity contribution in [3.05, 3.63) is 36.0 Å². The quantitative estimate of drug-likeness (QED) is 0.823. The second-order valence-electron chi connectivity index (χ2n) is 4.07. The number of benzene rings is 1. The Bertz CT molecular complexity index is 586. The molecule has 0 aliphatic heterocycles. The highest BCUT2D eigenvalue weighted by molar-refractivity contribution is 7.98. The van der Waals surface area contributed by atoms with E-state index < -0.39 is 0 Å². The molecule has 2 rings (SSSR count). The Kier molecular flexibility index (Phi) is 4.63. The van der Waals surface area contributed by atoms with Crippen molar-refractivity contribution in [3.8, 4) is 0 Å². The van der Waals surface area contributed by atoms with Crippen LogP contribution >= 0.6 is 11.8 Å². The number of carbonyl (C=O) groups excluding carboxylic acids is 1. The standard InChI is InChI=1S/C14H17N3OS/c1-15-12-9-13(14(18)16-7-8-19-2)17-11-6-4-3-5-10(11)12/h3-6,9H,7-8H2,1-2H3,(H,15,17)(H,16,18). The number of amides is 1. The van der Waals surface area contributed by atoms with Crippen molar-refractivity contribution >= 4 is 34.3 Å². The SMILES string of the molecule is CNc1cc(C(=O)NCCSC)nc2ccccc12. The van der Waals surface area contributed by atoms with Crippen molar-refractivity contribution < 1.29 is 4.79 Å². The number of para-hydroxylation sites is 1. The number of nitrogens with zero attached hydrogens (tertiary/aromatic N) is 1. The summed E-state index contributed by atoms with van der Waals surface area (Å²) >= 11 is 1.70. The molecule has 1 aromatic heterocycles. The number of hydrogen-bond donors (Lipinski definition) is 2. The maximum Gasteiger partial charge on any atom is 0.270 e. The molecule has 0 aliphatic rings. The van der Waals surface area contributed by atoms with Gasteiger partial charge in [-0.05, 0) is 18.4 Å². The maximum atomic E-state index is 12.0. The lowest BCUT2D eigenvalue weighted by atomic mass is 10.1. The van der Waals surface area contributed by atoms with Gasteiger partial charge in [-0.25, -0.2) is 4.98 Å². The maximum absolute atomic E-state index is 12.0. The molecule has 0 radical (unpaired) electrons. The van der Waals surface area contributed by atoms with Crippen molar-refractivity contribution in [2.75, 3.05) is 30.9 Å². The first-order chi connectivity index (χ1) is 9.26. The Hall–Kier alpha value is -1.75. The van der Waals surface area contributed by atoms with E-state index in [1.54, 1.807) is 17.8 Å². The van der Waals surface area contributed by atoms with Crippen molar-refractivity contribution in [1.82, 2.24) is 10.3 Å². The zero-order valence-corrected chi connectivity index (χ0v) is 11.9. The fourth-order valence-corrected chi connectivity index (χ4v) is 2.16. The van der Waals surface area contributed by atoms with Crippen LogP contribution < -0.4 is 10.6 Å². The zero-order valence-electron chi connectivity index (χ0n) is 11.1. The van der Waals surface area contributed by atoms with Gasteiger partial charge in [-0.2, -0.15) is 11.8 Å². The van der Waals surface area contributed by atoms with Crippen LogP contribution in [-0.2, 0) is 0 Å². The fourth-order valence-electron chi connectivity index (χ4n) is 1.86. The molecule has 1 heterocycles. The molecule has 0 atom stereocenters. The molecule has 2 N–H and O–H groups in total. The minimum absolute atomic E-state index is 0.128. The van der Waals surface area contributed by atoms with E-state index in [-0.39, 0.29) is 5.91 Å². The first-order valence-corrected chi connectivity index (χ1v) is 7.50. The number of rotatable bonds is 5. The highest BCUT2D eigenvalue weighted by Gasteiger charge is 2.10. The molecule has 0 aliphatic carbocycles. The molecule has 0 unspecified atom stereocenters. The predicted molar refractivity (Wildman–Crippen MR) is 82.0 cm³/mol. The van der Waals surface area contributed by atoms with Gasteiger partial charge in [0.05, 0.1) is 5.52 Å². The molecule has 5 heteroatoms. The van der Waals surface area contributed by atoms with Gasteiger partial charge in [-0.15, -0.1) is 0 Å². The number of nitrogens with one attached hydrogen (secondary N) is 2. The second-order valence-corrected chi connectivity index (χ2v) is 5.06. The van der Waals surface area contributed by atoms with E-state index in [4.69, 9.17) is 0 Å². The third-order valence-corrected chi connectivity index (χ3v) is 3.42.